The molecule has 0 unspecified atom stereocenters. The molecule has 0 aliphatic rings. The minimum atomic E-state index is -0.0555. The maximum atomic E-state index is 12.4. The molecule has 1 N–H and O–H groups in total. The predicted molar refractivity (Wildman–Crippen MR) is 111 cm³/mol. The lowest BCUT2D eigenvalue weighted by Gasteiger charge is -2.12. The van der Waals surface area contributed by atoms with Crippen LogP contribution in [-0.4, -0.2) is 26.4 Å². The van der Waals surface area contributed by atoms with Crippen LogP contribution < -0.4 is 5.32 Å². The van der Waals surface area contributed by atoms with E-state index in [-0.39, 0.29) is 11.7 Å². The Labute approximate surface area is 168 Å². The van der Waals surface area contributed by atoms with Crippen LogP contribution in [-0.2, 0) is 18.3 Å². The number of aromatic nitrogens is 3. The Morgan fingerprint density at radius 2 is 1.93 bits per heavy atom. The van der Waals surface area contributed by atoms with Gasteiger partial charge in [0.1, 0.15) is 0 Å². The Morgan fingerprint density at radius 3 is 2.63 bits per heavy atom. The van der Waals surface area contributed by atoms with Crippen LogP contribution in [0.25, 0.3) is 11.4 Å². The van der Waals surface area contributed by atoms with Crippen molar-refractivity contribution in [2.75, 3.05) is 11.1 Å². The van der Waals surface area contributed by atoms with Gasteiger partial charge in [-0.2, -0.15) is 0 Å². The summed E-state index contributed by atoms with van der Waals surface area (Å²) in [5.74, 6) is 0.950. The molecule has 0 aliphatic heterocycles. The smallest absolute Gasteiger partial charge is 0.234 e. The van der Waals surface area contributed by atoms with Crippen molar-refractivity contribution in [3.05, 3.63) is 58.6 Å². The number of aryl methyl sites for hydroxylation is 2. The van der Waals surface area contributed by atoms with E-state index >= 15 is 0 Å². The number of rotatable bonds is 6. The van der Waals surface area contributed by atoms with Gasteiger partial charge >= 0.3 is 0 Å². The van der Waals surface area contributed by atoms with Crippen molar-refractivity contribution in [3.8, 4) is 11.4 Å². The molecule has 3 aromatic rings. The molecule has 0 saturated heterocycles. The summed E-state index contributed by atoms with van der Waals surface area (Å²) < 4.78 is 1.88. The predicted octanol–water partition coefficient (Wildman–Crippen LogP) is 4.74. The summed E-state index contributed by atoms with van der Waals surface area (Å²) in [4.78, 5) is 12.4. The normalized spacial score (nSPS) is 10.8. The quantitative estimate of drug-likeness (QED) is 0.607. The number of nitrogens with zero attached hydrogens (tertiary/aromatic N) is 3. The molecule has 0 bridgehead atoms. The highest BCUT2D eigenvalue weighted by Gasteiger charge is 2.14. The van der Waals surface area contributed by atoms with Crippen LogP contribution in [0.1, 0.15) is 18.1 Å². The van der Waals surface area contributed by atoms with Gasteiger partial charge in [-0.25, -0.2) is 0 Å². The lowest BCUT2D eigenvalue weighted by Crippen LogP contribution is -2.16. The Bertz CT molecular complexity index is 953. The van der Waals surface area contributed by atoms with E-state index in [1.165, 1.54) is 11.8 Å². The maximum absolute atomic E-state index is 12.4. The summed E-state index contributed by atoms with van der Waals surface area (Å²) in [5, 5.41) is 12.8. The highest BCUT2D eigenvalue weighted by Crippen LogP contribution is 2.25. The van der Waals surface area contributed by atoms with Gasteiger partial charge in [0.15, 0.2) is 11.0 Å². The number of benzene rings is 2. The van der Waals surface area contributed by atoms with E-state index in [0.717, 1.165) is 34.6 Å². The first-order chi connectivity index (χ1) is 13.0. The van der Waals surface area contributed by atoms with Gasteiger partial charge in [-0.1, -0.05) is 48.5 Å². The van der Waals surface area contributed by atoms with Gasteiger partial charge in [-0.3, -0.25) is 4.79 Å². The zero-order chi connectivity index (χ0) is 19.4. The lowest BCUT2D eigenvalue weighted by molar-refractivity contribution is -0.113. The SMILES string of the molecule is CCc1cccc(C)c1NC(=O)CSc1nnc(-c2ccc(Cl)cc2)n1C. The second-order valence-corrected chi connectivity index (χ2v) is 7.55. The van der Waals surface area contributed by atoms with E-state index in [1.54, 1.807) is 0 Å². The van der Waals surface area contributed by atoms with Crippen LogP contribution in [0.4, 0.5) is 5.69 Å². The minimum absolute atomic E-state index is 0.0555. The van der Waals surface area contributed by atoms with Crippen LogP contribution in [0, 0.1) is 6.92 Å². The van der Waals surface area contributed by atoms with Gasteiger partial charge in [0.05, 0.1) is 5.75 Å². The minimum Gasteiger partial charge on any atom is -0.325 e. The first kappa shape index (κ1) is 19.5. The molecule has 0 atom stereocenters. The summed E-state index contributed by atoms with van der Waals surface area (Å²) in [5.41, 5.74) is 4.04. The highest BCUT2D eigenvalue weighted by molar-refractivity contribution is 7.99. The molecular formula is C20H21ClN4OS. The van der Waals surface area contributed by atoms with E-state index in [9.17, 15) is 4.79 Å². The number of carbonyl (C=O) groups is 1. The number of anilines is 1. The van der Waals surface area contributed by atoms with Crippen LogP contribution >= 0.6 is 23.4 Å². The lowest BCUT2D eigenvalue weighted by atomic mass is 10.1. The number of thioether (sulfide) groups is 1. The zero-order valence-electron chi connectivity index (χ0n) is 15.5. The third-order valence-corrected chi connectivity index (χ3v) is 5.55. The molecule has 1 heterocycles. The summed E-state index contributed by atoms with van der Waals surface area (Å²) in [6, 6.07) is 13.5. The largest absolute Gasteiger partial charge is 0.325 e. The summed E-state index contributed by atoms with van der Waals surface area (Å²) in [7, 11) is 1.89. The highest BCUT2D eigenvalue weighted by atomic mass is 35.5. The number of nitrogens with one attached hydrogen (secondary N) is 1. The van der Waals surface area contributed by atoms with Gasteiger partial charge < -0.3 is 9.88 Å². The topological polar surface area (TPSA) is 59.8 Å². The molecule has 0 spiro atoms. The molecule has 5 nitrogen and oxygen atoms in total. The number of halogens is 1. The molecule has 140 valence electrons. The Hall–Kier alpha value is -2.31. The number of carbonyl (C=O) groups excluding carboxylic acids is 1. The van der Waals surface area contributed by atoms with Gasteiger partial charge in [0.2, 0.25) is 5.91 Å². The van der Waals surface area contributed by atoms with Gasteiger partial charge in [0.25, 0.3) is 0 Å². The summed E-state index contributed by atoms with van der Waals surface area (Å²) >= 11 is 7.30. The Balaban J connectivity index is 1.67. The van der Waals surface area contributed by atoms with Gasteiger partial charge in [0, 0.05) is 23.3 Å². The number of para-hydroxylation sites is 1. The third kappa shape index (κ3) is 4.51. The molecule has 7 heteroatoms. The van der Waals surface area contributed by atoms with Crippen LogP contribution in [0.5, 0.6) is 0 Å². The van der Waals surface area contributed by atoms with Crippen molar-refractivity contribution in [1.29, 1.82) is 0 Å². The van der Waals surface area contributed by atoms with Crippen LogP contribution in [0.3, 0.4) is 0 Å². The first-order valence-electron chi connectivity index (χ1n) is 8.66. The van der Waals surface area contributed by atoms with E-state index < -0.39 is 0 Å². The molecule has 27 heavy (non-hydrogen) atoms. The molecule has 0 aliphatic carbocycles. The fourth-order valence-electron chi connectivity index (χ4n) is 2.80. The van der Waals surface area contributed by atoms with E-state index in [4.69, 9.17) is 11.6 Å². The third-order valence-electron chi connectivity index (χ3n) is 4.27. The van der Waals surface area contributed by atoms with Crippen molar-refractivity contribution < 1.29 is 4.79 Å². The first-order valence-corrected chi connectivity index (χ1v) is 10.0. The number of hydrogen-bond acceptors (Lipinski definition) is 4. The Morgan fingerprint density at radius 1 is 1.19 bits per heavy atom. The summed E-state index contributed by atoms with van der Waals surface area (Å²) in [6.07, 6.45) is 0.873. The molecule has 0 saturated carbocycles. The number of amides is 1. The fraction of sp³-hybridized carbons (Fsp3) is 0.250. The molecule has 2 aromatic carbocycles. The van der Waals surface area contributed by atoms with E-state index in [2.05, 4.69) is 22.4 Å². The van der Waals surface area contributed by atoms with Crippen molar-refractivity contribution in [1.82, 2.24) is 14.8 Å². The second-order valence-electron chi connectivity index (χ2n) is 6.17. The van der Waals surface area contributed by atoms with Crippen molar-refractivity contribution in [3.63, 3.8) is 0 Å². The average molecular weight is 401 g/mol. The second kappa shape index (κ2) is 8.59. The Kier molecular flexibility index (Phi) is 6.19. The molecular weight excluding hydrogens is 380 g/mol. The van der Waals surface area contributed by atoms with Gasteiger partial charge in [-0.05, 0) is 48.7 Å². The van der Waals surface area contributed by atoms with E-state index in [0.29, 0.717) is 10.2 Å². The zero-order valence-corrected chi connectivity index (χ0v) is 17.1. The van der Waals surface area contributed by atoms with E-state index in [1.807, 2.05) is 61.0 Å². The molecule has 1 amide bonds. The standard InChI is InChI=1S/C20H21ClN4OS/c1-4-14-7-5-6-13(2)18(14)22-17(26)12-27-20-24-23-19(25(20)3)15-8-10-16(21)11-9-15/h5-11H,4,12H2,1-3H3,(H,22,26). The van der Waals surface area contributed by atoms with Crippen molar-refractivity contribution >= 4 is 35.0 Å². The summed E-state index contributed by atoms with van der Waals surface area (Å²) in [6.45, 7) is 4.08. The molecule has 0 fully saturated rings. The van der Waals surface area contributed by atoms with Gasteiger partial charge in [-0.15, -0.1) is 10.2 Å². The van der Waals surface area contributed by atoms with Crippen molar-refractivity contribution in [2.45, 2.75) is 25.4 Å². The average Bonchev–Trinajstić information content (AvgIpc) is 3.03. The number of hydrogen-bond donors (Lipinski definition) is 1. The molecule has 0 radical (unpaired) electrons. The maximum Gasteiger partial charge on any atom is 0.234 e. The fourth-order valence-corrected chi connectivity index (χ4v) is 3.64. The molecule has 3 rings (SSSR count). The molecule has 1 aromatic heterocycles. The monoisotopic (exact) mass is 400 g/mol. The van der Waals surface area contributed by atoms with Crippen LogP contribution in [0.15, 0.2) is 47.6 Å². The van der Waals surface area contributed by atoms with Crippen molar-refractivity contribution in [2.24, 2.45) is 7.05 Å². The van der Waals surface area contributed by atoms with Crippen LogP contribution in [0.2, 0.25) is 5.02 Å².